The van der Waals surface area contributed by atoms with E-state index in [1.807, 2.05) is 60.7 Å². The van der Waals surface area contributed by atoms with Gasteiger partial charge in [-0.2, -0.15) is 0 Å². The van der Waals surface area contributed by atoms with Crippen molar-refractivity contribution in [3.8, 4) is 0 Å². The highest BCUT2D eigenvalue weighted by Gasteiger charge is 2.26. The Morgan fingerprint density at radius 2 is 1.37 bits per heavy atom. The smallest absolute Gasteiger partial charge is 0.221 e. The Hall–Kier alpha value is -3.93. The van der Waals surface area contributed by atoms with Gasteiger partial charge in [0.1, 0.15) is 5.84 Å². The van der Waals surface area contributed by atoms with E-state index in [0.29, 0.717) is 0 Å². The van der Waals surface area contributed by atoms with Crippen LogP contribution in [-0.4, -0.2) is 17.6 Å². The minimum absolute atomic E-state index is 0.0960. The molecule has 2 amide bonds. The van der Waals surface area contributed by atoms with Crippen molar-refractivity contribution in [2.45, 2.75) is 20.4 Å². The van der Waals surface area contributed by atoms with Gasteiger partial charge in [-0.3, -0.25) is 9.59 Å². The third-order valence-electron chi connectivity index (χ3n) is 4.76. The average molecular weight is 398 g/mol. The molecule has 3 aromatic rings. The van der Waals surface area contributed by atoms with Crippen molar-refractivity contribution >= 4 is 40.4 Å². The van der Waals surface area contributed by atoms with E-state index in [2.05, 4.69) is 27.7 Å². The first-order chi connectivity index (χ1) is 14.5. The first-order valence-corrected chi connectivity index (χ1v) is 9.69. The van der Waals surface area contributed by atoms with Crippen molar-refractivity contribution in [1.82, 2.24) is 0 Å². The number of carbonyl (C=O) groups is 2. The Bertz CT molecular complexity index is 1120. The Balaban J connectivity index is 1.68. The molecule has 2 N–H and O–H groups in total. The Morgan fingerprint density at radius 3 is 1.97 bits per heavy atom. The number of fused-ring (bicyclic) bond motifs is 1. The maximum absolute atomic E-state index is 11.3. The quantitative estimate of drug-likeness (QED) is 0.669. The lowest BCUT2D eigenvalue weighted by Crippen LogP contribution is -2.24. The van der Waals surface area contributed by atoms with Gasteiger partial charge in [0.2, 0.25) is 11.8 Å². The SMILES string of the molecule is CC(=O)Nc1ccc(N=C2c3ccccc3CN2c2ccc(NC(C)=O)cc2)cc1. The van der Waals surface area contributed by atoms with Crippen LogP contribution in [0.15, 0.2) is 77.8 Å². The highest BCUT2D eigenvalue weighted by atomic mass is 16.2. The molecule has 0 bridgehead atoms. The zero-order valence-electron chi connectivity index (χ0n) is 16.8. The van der Waals surface area contributed by atoms with E-state index in [4.69, 9.17) is 4.99 Å². The van der Waals surface area contributed by atoms with Crippen molar-refractivity contribution in [3.05, 3.63) is 83.9 Å². The maximum Gasteiger partial charge on any atom is 0.221 e. The molecule has 1 aliphatic rings. The van der Waals surface area contributed by atoms with Gasteiger partial charge >= 0.3 is 0 Å². The lowest BCUT2D eigenvalue weighted by Gasteiger charge is -2.20. The molecule has 0 unspecified atom stereocenters. The Labute approximate surface area is 175 Å². The molecule has 0 radical (unpaired) electrons. The molecule has 0 fully saturated rings. The second kappa shape index (κ2) is 8.21. The highest BCUT2D eigenvalue weighted by Crippen LogP contribution is 2.31. The molecule has 1 aliphatic heterocycles. The van der Waals surface area contributed by atoms with Crippen LogP contribution in [0.4, 0.5) is 22.7 Å². The van der Waals surface area contributed by atoms with Crippen molar-refractivity contribution in [2.75, 3.05) is 15.5 Å². The summed E-state index contributed by atoms with van der Waals surface area (Å²) in [5.41, 5.74) is 5.59. The molecule has 0 atom stereocenters. The summed E-state index contributed by atoms with van der Waals surface area (Å²) in [6.45, 7) is 3.70. The first-order valence-electron chi connectivity index (χ1n) is 9.69. The van der Waals surface area contributed by atoms with Crippen LogP contribution < -0.4 is 15.5 Å². The third-order valence-corrected chi connectivity index (χ3v) is 4.76. The number of hydrogen-bond donors (Lipinski definition) is 2. The molecule has 0 spiro atoms. The van der Waals surface area contributed by atoms with E-state index in [1.54, 1.807) is 0 Å². The van der Waals surface area contributed by atoms with Crippen molar-refractivity contribution < 1.29 is 9.59 Å². The van der Waals surface area contributed by atoms with Crippen molar-refractivity contribution in [1.29, 1.82) is 0 Å². The number of hydrogen-bond acceptors (Lipinski definition) is 3. The summed E-state index contributed by atoms with van der Waals surface area (Å²) in [4.78, 5) is 29.6. The van der Waals surface area contributed by atoms with Gasteiger partial charge in [0, 0.05) is 36.5 Å². The zero-order chi connectivity index (χ0) is 21.1. The van der Waals surface area contributed by atoms with Gasteiger partial charge in [-0.1, -0.05) is 24.3 Å². The van der Waals surface area contributed by atoms with Gasteiger partial charge in [-0.05, 0) is 54.1 Å². The Kier molecular flexibility index (Phi) is 5.30. The molecular formula is C24H22N4O2. The molecule has 0 aliphatic carbocycles. The fraction of sp³-hybridized carbons (Fsp3) is 0.125. The summed E-state index contributed by atoms with van der Waals surface area (Å²) in [5, 5.41) is 5.56. The topological polar surface area (TPSA) is 73.8 Å². The molecule has 6 nitrogen and oxygen atoms in total. The fourth-order valence-electron chi connectivity index (χ4n) is 3.47. The van der Waals surface area contributed by atoms with E-state index in [9.17, 15) is 9.59 Å². The summed E-state index contributed by atoms with van der Waals surface area (Å²) < 4.78 is 0. The van der Waals surface area contributed by atoms with Gasteiger partial charge in [-0.25, -0.2) is 4.99 Å². The zero-order valence-corrected chi connectivity index (χ0v) is 16.8. The predicted molar refractivity (Wildman–Crippen MR) is 120 cm³/mol. The lowest BCUT2D eigenvalue weighted by molar-refractivity contribution is -0.115. The number of carbonyl (C=O) groups excluding carboxylic acids is 2. The normalized spacial score (nSPS) is 13.8. The molecule has 4 rings (SSSR count). The fourth-order valence-corrected chi connectivity index (χ4v) is 3.47. The first kappa shape index (κ1) is 19.4. The average Bonchev–Trinajstić information content (AvgIpc) is 3.08. The number of benzene rings is 3. The summed E-state index contributed by atoms with van der Waals surface area (Å²) in [7, 11) is 0. The van der Waals surface area contributed by atoms with Crippen LogP contribution in [-0.2, 0) is 16.1 Å². The largest absolute Gasteiger partial charge is 0.326 e. The van der Waals surface area contributed by atoms with Crippen LogP contribution in [0.5, 0.6) is 0 Å². The van der Waals surface area contributed by atoms with E-state index in [1.165, 1.54) is 19.4 Å². The maximum atomic E-state index is 11.3. The van der Waals surface area contributed by atoms with Gasteiger partial charge in [-0.15, -0.1) is 0 Å². The number of amides is 2. The van der Waals surface area contributed by atoms with Crippen LogP contribution in [0.1, 0.15) is 25.0 Å². The number of amidine groups is 1. The number of nitrogens with zero attached hydrogens (tertiary/aromatic N) is 2. The number of anilines is 3. The molecular weight excluding hydrogens is 376 g/mol. The van der Waals surface area contributed by atoms with E-state index in [0.717, 1.165) is 40.7 Å². The number of nitrogens with one attached hydrogen (secondary N) is 2. The van der Waals surface area contributed by atoms with Crippen LogP contribution in [0, 0.1) is 0 Å². The molecule has 1 heterocycles. The number of rotatable bonds is 4. The standard InChI is InChI=1S/C24H22N4O2/c1-16(29)25-19-7-9-21(10-8-19)27-24-23-6-4-3-5-18(23)15-28(24)22-13-11-20(12-14-22)26-17(2)30/h3-14H,15H2,1-2H3,(H,25,29)(H,26,30). The molecule has 0 saturated heterocycles. The number of aliphatic imine (C=N–C) groups is 1. The van der Waals surface area contributed by atoms with Gasteiger partial charge in [0.25, 0.3) is 0 Å². The van der Waals surface area contributed by atoms with Gasteiger partial charge in [0.05, 0.1) is 12.2 Å². The van der Waals surface area contributed by atoms with E-state index in [-0.39, 0.29) is 11.8 Å². The van der Waals surface area contributed by atoms with E-state index >= 15 is 0 Å². The molecule has 0 saturated carbocycles. The summed E-state index contributed by atoms with van der Waals surface area (Å²) >= 11 is 0. The summed E-state index contributed by atoms with van der Waals surface area (Å²) in [6.07, 6.45) is 0. The minimum atomic E-state index is -0.104. The minimum Gasteiger partial charge on any atom is -0.326 e. The predicted octanol–water partition coefficient (Wildman–Crippen LogP) is 4.70. The lowest BCUT2D eigenvalue weighted by atomic mass is 10.1. The van der Waals surface area contributed by atoms with E-state index < -0.39 is 0 Å². The van der Waals surface area contributed by atoms with Crippen LogP contribution in [0.3, 0.4) is 0 Å². The van der Waals surface area contributed by atoms with Crippen LogP contribution in [0.25, 0.3) is 0 Å². The van der Waals surface area contributed by atoms with Crippen molar-refractivity contribution in [3.63, 3.8) is 0 Å². The third kappa shape index (κ3) is 4.22. The molecule has 30 heavy (non-hydrogen) atoms. The van der Waals surface area contributed by atoms with Gasteiger partial charge < -0.3 is 15.5 Å². The molecule has 150 valence electrons. The summed E-state index contributed by atoms with van der Waals surface area (Å²) in [5.74, 6) is 0.666. The molecule has 3 aromatic carbocycles. The van der Waals surface area contributed by atoms with Crippen LogP contribution >= 0.6 is 0 Å². The highest BCUT2D eigenvalue weighted by molar-refractivity contribution is 6.14. The second-order valence-electron chi connectivity index (χ2n) is 7.13. The molecule has 6 heteroatoms. The van der Waals surface area contributed by atoms with Crippen LogP contribution in [0.2, 0.25) is 0 Å². The van der Waals surface area contributed by atoms with Crippen molar-refractivity contribution in [2.24, 2.45) is 4.99 Å². The Morgan fingerprint density at radius 1 is 0.800 bits per heavy atom. The van der Waals surface area contributed by atoms with Gasteiger partial charge in [0.15, 0.2) is 0 Å². The molecule has 0 aromatic heterocycles. The second-order valence-corrected chi connectivity index (χ2v) is 7.13. The summed E-state index contributed by atoms with van der Waals surface area (Å²) in [6, 6.07) is 23.4. The monoisotopic (exact) mass is 398 g/mol.